The predicted molar refractivity (Wildman–Crippen MR) is 75.4 cm³/mol. The van der Waals surface area contributed by atoms with Crippen LogP contribution in [0, 0.1) is 0 Å². The van der Waals surface area contributed by atoms with E-state index in [4.69, 9.17) is 0 Å². The smallest absolute Gasteiger partial charge is 0.336 e. The Balaban J connectivity index is 2.24. The van der Waals surface area contributed by atoms with Gasteiger partial charge in [0.25, 0.3) is 0 Å². The maximum atomic E-state index is 12.6. The molecule has 1 heterocycles. The number of hydrogen-bond donors (Lipinski definition) is 1. The predicted octanol–water partition coefficient (Wildman–Crippen LogP) is 3.21. The molecule has 2 aromatic carbocycles. The minimum Gasteiger partial charge on any atom is -0.478 e. The standard InChI is InChI=1S/C15H7NO3S/c17-14-8-4-2-1-3-7(8)13-12-10(20-16-13)6-5-9(11(12)14)15(18)19/h1-6H,(H,18,19). The van der Waals surface area contributed by atoms with Crippen LogP contribution in [0.3, 0.4) is 0 Å². The number of ketones is 1. The summed E-state index contributed by atoms with van der Waals surface area (Å²) in [6.07, 6.45) is 0. The lowest BCUT2D eigenvalue weighted by atomic mass is 9.85. The third-order valence-corrected chi connectivity index (χ3v) is 4.33. The highest BCUT2D eigenvalue weighted by Gasteiger charge is 2.31. The van der Waals surface area contributed by atoms with E-state index >= 15 is 0 Å². The third kappa shape index (κ3) is 1.27. The van der Waals surface area contributed by atoms with Gasteiger partial charge in [-0.25, -0.2) is 4.79 Å². The fourth-order valence-corrected chi connectivity index (χ4v) is 3.45. The minimum absolute atomic E-state index is 0.0402. The number of fused-ring (bicyclic) bond motifs is 2. The van der Waals surface area contributed by atoms with Gasteiger partial charge in [0.2, 0.25) is 0 Å². The number of carbonyl (C=O) groups is 2. The van der Waals surface area contributed by atoms with Gasteiger partial charge >= 0.3 is 5.97 Å². The SMILES string of the molecule is O=C(O)c1ccc2snc3c2c1C(=O)c1ccccc1-3. The Bertz CT molecular complexity index is 911. The van der Waals surface area contributed by atoms with Crippen LogP contribution in [0.2, 0.25) is 0 Å². The van der Waals surface area contributed by atoms with E-state index in [0.29, 0.717) is 16.6 Å². The first kappa shape index (κ1) is 11.3. The summed E-state index contributed by atoms with van der Waals surface area (Å²) in [7, 11) is 0. The highest BCUT2D eigenvalue weighted by Crippen LogP contribution is 2.41. The zero-order chi connectivity index (χ0) is 13.9. The van der Waals surface area contributed by atoms with E-state index in [-0.39, 0.29) is 16.9 Å². The number of rotatable bonds is 1. The minimum atomic E-state index is -1.09. The van der Waals surface area contributed by atoms with Gasteiger partial charge in [0, 0.05) is 22.1 Å². The average molecular weight is 281 g/mol. The van der Waals surface area contributed by atoms with Crippen LogP contribution in [0.15, 0.2) is 36.4 Å². The van der Waals surface area contributed by atoms with Gasteiger partial charge in [0.1, 0.15) is 0 Å². The van der Waals surface area contributed by atoms with Crippen LogP contribution in [0.25, 0.3) is 21.3 Å². The van der Waals surface area contributed by atoms with Gasteiger partial charge in [0.15, 0.2) is 5.78 Å². The van der Waals surface area contributed by atoms with Crippen LogP contribution in [0.4, 0.5) is 0 Å². The van der Waals surface area contributed by atoms with Crippen molar-refractivity contribution in [2.24, 2.45) is 0 Å². The van der Waals surface area contributed by atoms with Gasteiger partial charge in [-0.05, 0) is 23.7 Å². The largest absolute Gasteiger partial charge is 0.478 e. The molecule has 0 fully saturated rings. The topological polar surface area (TPSA) is 67.3 Å². The summed E-state index contributed by atoms with van der Waals surface area (Å²) < 4.78 is 5.23. The van der Waals surface area contributed by atoms with E-state index in [9.17, 15) is 14.7 Å². The van der Waals surface area contributed by atoms with Crippen molar-refractivity contribution < 1.29 is 14.7 Å². The Labute approximate surface area is 117 Å². The summed E-state index contributed by atoms with van der Waals surface area (Å²) in [5, 5.41) is 9.97. The maximum Gasteiger partial charge on any atom is 0.336 e. The van der Waals surface area contributed by atoms with Crippen LogP contribution in [0.1, 0.15) is 26.3 Å². The molecule has 20 heavy (non-hydrogen) atoms. The summed E-state index contributed by atoms with van der Waals surface area (Å²) in [6, 6.07) is 10.4. The molecule has 3 aromatic rings. The van der Waals surface area contributed by atoms with Crippen LogP contribution in [-0.2, 0) is 0 Å². The van der Waals surface area contributed by atoms with E-state index in [1.165, 1.54) is 17.6 Å². The van der Waals surface area contributed by atoms with Gasteiger partial charge in [-0.1, -0.05) is 24.3 Å². The number of hydrogen-bond acceptors (Lipinski definition) is 4. The van der Waals surface area contributed by atoms with Crippen molar-refractivity contribution in [2.75, 3.05) is 0 Å². The second-order valence-corrected chi connectivity index (χ2v) is 5.38. The van der Waals surface area contributed by atoms with Gasteiger partial charge in [-0.2, -0.15) is 4.37 Å². The fraction of sp³-hybridized carbons (Fsp3) is 0. The van der Waals surface area contributed by atoms with Crippen molar-refractivity contribution in [1.29, 1.82) is 0 Å². The summed E-state index contributed by atoms with van der Waals surface area (Å²) in [6.45, 7) is 0. The van der Waals surface area contributed by atoms with Crippen molar-refractivity contribution in [1.82, 2.24) is 4.37 Å². The van der Waals surface area contributed by atoms with E-state index in [2.05, 4.69) is 4.37 Å². The number of carboxylic acid groups (broad SMARTS) is 1. The van der Waals surface area contributed by atoms with E-state index in [1.54, 1.807) is 18.2 Å². The van der Waals surface area contributed by atoms with Crippen molar-refractivity contribution in [3.8, 4) is 11.3 Å². The number of aromatic carboxylic acids is 1. The molecular weight excluding hydrogens is 274 g/mol. The molecule has 4 rings (SSSR count). The normalized spacial score (nSPS) is 12.5. The van der Waals surface area contributed by atoms with Gasteiger partial charge in [-0.15, -0.1) is 0 Å². The van der Waals surface area contributed by atoms with Crippen molar-refractivity contribution >= 4 is 33.4 Å². The first-order valence-corrected chi connectivity index (χ1v) is 6.75. The molecule has 0 amide bonds. The lowest BCUT2D eigenvalue weighted by Gasteiger charge is -2.16. The zero-order valence-electron chi connectivity index (χ0n) is 10.1. The molecular formula is C15H7NO3S. The van der Waals surface area contributed by atoms with Crippen LogP contribution < -0.4 is 0 Å². The molecule has 1 aliphatic rings. The molecule has 96 valence electrons. The van der Waals surface area contributed by atoms with Gasteiger partial charge in [0.05, 0.1) is 16.0 Å². The molecule has 5 heteroatoms. The lowest BCUT2D eigenvalue weighted by molar-refractivity contribution is 0.0693. The number of nitrogens with zero attached hydrogens (tertiary/aromatic N) is 1. The van der Waals surface area contributed by atoms with Crippen LogP contribution >= 0.6 is 11.5 Å². The molecule has 1 N–H and O–H groups in total. The number of benzene rings is 2. The maximum absolute atomic E-state index is 12.6. The molecule has 0 saturated heterocycles. The summed E-state index contributed by atoms with van der Waals surface area (Å²) in [5.41, 5.74) is 2.30. The molecule has 0 aliphatic heterocycles. The monoisotopic (exact) mass is 281 g/mol. The van der Waals surface area contributed by atoms with E-state index in [1.807, 2.05) is 12.1 Å². The quantitative estimate of drug-likeness (QED) is 0.581. The van der Waals surface area contributed by atoms with Crippen molar-refractivity contribution in [2.45, 2.75) is 0 Å². The Kier molecular flexibility index (Phi) is 2.11. The first-order chi connectivity index (χ1) is 9.68. The van der Waals surface area contributed by atoms with Gasteiger partial charge < -0.3 is 5.11 Å². The van der Waals surface area contributed by atoms with Crippen molar-refractivity contribution in [3.63, 3.8) is 0 Å². The second-order valence-electron chi connectivity index (χ2n) is 4.57. The second kappa shape index (κ2) is 3.74. The molecule has 0 unspecified atom stereocenters. The lowest BCUT2D eigenvalue weighted by Crippen LogP contribution is -2.14. The van der Waals surface area contributed by atoms with Crippen molar-refractivity contribution in [3.05, 3.63) is 53.1 Å². The Morgan fingerprint density at radius 2 is 1.85 bits per heavy atom. The Morgan fingerprint density at radius 1 is 1.10 bits per heavy atom. The Morgan fingerprint density at radius 3 is 2.60 bits per heavy atom. The number of carboxylic acids is 1. The molecule has 0 saturated carbocycles. The molecule has 0 radical (unpaired) electrons. The summed E-state index contributed by atoms with van der Waals surface area (Å²) in [4.78, 5) is 24.0. The van der Waals surface area contributed by atoms with E-state index < -0.39 is 5.97 Å². The molecule has 4 nitrogen and oxygen atoms in total. The number of aromatic nitrogens is 1. The third-order valence-electron chi connectivity index (χ3n) is 3.52. The molecule has 0 bridgehead atoms. The number of carbonyl (C=O) groups excluding carboxylic acids is 1. The highest BCUT2D eigenvalue weighted by molar-refractivity contribution is 7.13. The molecule has 1 aromatic heterocycles. The van der Waals surface area contributed by atoms with Gasteiger partial charge in [-0.3, -0.25) is 4.79 Å². The molecule has 0 spiro atoms. The van der Waals surface area contributed by atoms with E-state index in [0.717, 1.165) is 10.3 Å². The Hall–Kier alpha value is -2.53. The first-order valence-electron chi connectivity index (χ1n) is 5.98. The molecule has 0 atom stereocenters. The zero-order valence-corrected chi connectivity index (χ0v) is 10.9. The highest BCUT2D eigenvalue weighted by atomic mass is 32.1. The summed E-state index contributed by atoms with van der Waals surface area (Å²) >= 11 is 1.28. The summed E-state index contributed by atoms with van der Waals surface area (Å²) in [5.74, 6) is -1.33. The van der Waals surface area contributed by atoms with Crippen LogP contribution in [0.5, 0.6) is 0 Å². The average Bonchev–Trinajstić information content (AvgIpc) is 2.89. The fourth-order valence-electron chi connectivity index (χ4n) is 2.66. The molecule has 1 aliphatic carbocycles. The van der Waals surface area contributed by atoms with Crippen LogP contribution in [-0.4, -0.2) is 21.2 Å².